The zero-order valence-electron chi connectivity index (χ0n) is 13.7. The van der Waals surface area contributed by atoms with Crippen molar-refractivity contribution in [2.45, 2.75) is 89.3 Å². The van der Waals surface area contributed by atoms with Gasteiger partial charge in [-0.1, -0.05) is 12.8 Å². The van der Waals surface area contributed by atoms with Crippen LogP contribution in [0.25, 0.3) is 0 Å². The molecule has 2 unspecified atom stereocenters. The van der Waals surface area contributed by atoms with Crippen LogP contribution in [0.4, 0.5) is 0 Å². The highest BCUT2D eigenvalue weighted by Gasteiger charge is 2.37. The highest BCUT2D eigenvalue weighted by molar-refractivity contribution is 5.78. The van der Waals surface area contributed by atoms with Crippen molar-refractivity contribution in [2.75, 3.05) is 13.1 Å². The molecule has 4 nitrogen and oxygen atoms in total. The summed E-state index contributed by atoms with van der Waals surface area (Å²) in [5, 5.41) is 12.8. The molecule has 1 saturated carbocycles. The van der Waals surface area contributed by atoms with E-state index in [0.717, 1.165) is 38.6 Å². The molecule has 1 aliphatic carbocycles. The largest absolute Gasteiger partial charge is 0.480 e. The topological polar surface area (TPSA) is 52.6 Å². The molecule has 0 bridgehead atoms. The quantitative estimate of drug-likeness (QED) is 0.676. The molecule has 122 valence electrons. The van der Waals surface area contributed by atoms with Gasteiger partial charge in [-0.05, 0) is 71.9 Å². The number of nitrogens with zero attached hydrogens (tertiary/aromatic N) is 1. The second-order valence-corrected chi connectivity index (χ2v) is 7.25. The van der Waals surface area contributed by atoms with Gasteiger partial charge in [0.2, 0.25) is 0 Å². The van der Waals surface area contributed by atoms with Crippen LogP contribution in [0.3, 0.4) is 0 Å². The van der Waals surface area contributed by atoms with E-state index in [2.05, 4.69) is 17.1 Å². The van der Waals surface area contributed by atoms with Crippen molar-refractivity contribution < 1.29 is 9.90 Å². The second kappa shape index (κ2) is 7.59. The van der Waals surface area contributed by atoms with Gasteiger partial charge in [-0.3, -0.25) is 10.1 Å². The van der Waals surface area contributed by atoms with Crippen LogP contribution < -0.4 is 5.32 Å². The monoisotopic (exact) mass is 296 g/mol. The van der Waals surface area contributed by atoms with E-state index in [-0.39, 0.29) is 0 Å². The summed E-state index contributed by atoms with van der Waals surface area (Å²) in [7, 11) is 0. The van der Waals surface area contributed by atoms with Gasteiger partial charge in [-0.2, -0.15) is 0 Å². The van der Waals surface area contributed by atoms with Crippen LogP contribution in [0.5, 0.6) is 0 Å². The van der Waals surface area contributed by atoms with Crippen molar-refractivity contribution in [2.24, 2.45) is 0 Å². The molecule has 2 aliphatic rings. The van der Waals surface area contributed by atoms with Crippen molar-refractivity contribution in [3.63, 3.8) is 0 Å². The van der Waals surface area contributed by atoms with E-state index < -0.39 is 11.5 Å². The highest BCUT2D eigenvalue weighted by Crippen LogP contribution is 2.25. The molecule has 1 saturated heterocycles. The number of carboxylic acid groups (broad SMARTS) is 1. The van der Waals surface area contributed by atoms with E-state index in [1.54, 1.807) is 0 Å². The fourth-order valence-electron chi connectivity index (χ4n) is 3.38. The minimum Gasteiger partial charge on any atom is -0.480 e. The van der Waals surface area contributed by atoms with Gasteiger partial charge < -0.3 is 10.0 Å². The Hall–Kier alpha value is -0.610. The molecule has 2 rings (SSSR count). The number of hydrogen-bond donors (Lipinski definition) is 2. The van der Waals surface area contributed by atoms with E-state index in [9.17, 15) is 9.90 Å². The minimum atomic E-state index is -0.731. The average molecular weight is 296 g/mol. The summed E-state index contributed by atoms with van der Waals surface area (Å²) >= 11 is 0. The van der Waals surface area contributed by atoms with E-state index in [1.807, 2.05) is 6.92 Å². The Morgan fingerprint density at radius 1 is 1.24 bits per heavy atom. The van der Waals surface area contributed by atoms with Crippen LogP contribution in [0.1, 0.15) is 71.6 Å². The molecule has 2 N–H and O–H groups in total. The first-order valence-electron chi connectivity index (χ1n) is 8.76. The zero-order valence-corrected chi connectivity index (χ0v) is 13.7. The number of carbonyl (C=O) groups is 1. The predicted octanol–water partition coefficient (Wildman–Crippen LogP) is 3.02. The molecule has 1 heterocycles. The summed E-state index contributed by atoms with van der Waals surface area (Å²) in [5.74, 6) is -0.697. The molecule has 4 heteroatoms. The zero-order chi connectivity index (χ0) is 15.3. The highest BCUT2D eigenvalue weighted by atomic mass is 16.4. The summed E-state index contributed by atoms with van der Waals surface area (Å²) in [6, 6.07) is 1.14. The summed E-state index contributed by atoms with van der Waals surface area (Å²) in [4.78, 5) is 14.1. The maximum absolute atomic E-state index is 11.5. The molecular weight excluding hydrogens is 264 g/mol. The van der Waals surface area contributed by atoms with Gasteiger partial charge in [0.1, 0.15) is 5.54 Å². The third kappa shape index (κ3) is 5.26. The van der Waals surface area contributed by atoms with E-state index in [4.69, 9.17) is 0 Å². The maximum atomic E-state index is 11.5. The molecule has 0 radical (unpaired) electrons. The Kier molecular flexibility index (Phi) is 6.06. The molecule has 0 aromatic carbocycles. The first-order chi connectivity index (χ1) is 10.0. The fourth-order valence-corrected chi connectivity index (χ4v) is 3.38. The van der Waals surface area contributed by atoms with Gasteiger partial charge >= 0.3 is 5.97 Å². The summed E-state index contributed by atoms with van der Waals surface area (Å²) in [6.45, 7) is 6.53. The Morgan fingerprint density at radius 2 is 2.00 bits per heavy atom. The summed E-state index contributed by atoms with van der Waals surface area (Å²) in [6.07, 6.45) is 10.5. The van der Waals surface area contributed by atoms with E-state index >= 15 is 0 Å². The lowest BCUT2D eigenvalue weighted by Gasteiger charge is -2.29. The number of nitrogens with one attached hydrogen (secondary N) is 1. The summed E-state index contributed by atoms with van der Waals surface area (Å²) in [5.41, 5.74) is -0.731. The molecule has 0 aromatic heterocycles. The molecule has 1 aliphatic heterocycles. The lowest BCUT2D eigenvalue weighted by atomic mass is 9.94. The van der Waals surface area contributed by atoms with Crippen LogP contribution in [0.15, 0.2) is 0 Å². The second-order valence-electron chi connectivity index (χ2n) is 7.25. The number of unbranched alkanes of at least 4 members (excludes halogenated alkanes) is 1. The van der Waals surface area contributed by atoms with Crippen molar-refractivity contribution in [3.8, 4) is 0 Å². The van der Waals surface area contributed by atoms with Gasteiger partial charge in [-0.25, -0.2) is 0 Å². The number of rotatable bonds is 8. The van der Waals surface area contributed by atoms with Crippen molar-refractivity contribution in [1.82, 2.24) is 10.2 Å². The molecule has 0 aromatic rings. The predicted molar refractivity (Wildman–Crippen MR) is 85.6 cm³/mol. The maximum Gasteiger partial charge on any atom is 0.323 e. The molecule has 0 spiro atoms. The Balaban J connectivity index is 1.70. The van der Waals surface area contributed by atoms with Gasteiger partial charge in [0, 0.05) is 12.1 Å². The molecular formula is C17H32N2O2. The Morgan fingerprint density at radius 3 is 2.67 bits per heavy atom. The van der Waals surface area contributed by atoms with Crippen molar-refractivity contribution in [3.05, 3.63) is 0 Å². The minimum absolute atomic E-state index is 0.441. The van der Waals surface area contributed by atoms with Crippen LogP contribution in [0, 0.1) is 0 Å². The summed E-state index contributed by atoms with van der Waals surface area (Å²) < 4.78 is 0. The Bertz CT molecular complexity index is 344. The third-order valence-electron chi connectivity index (χ3n) is 5.13. The third-order valence-corrected chi connectivity index (χ3v) is 5.13. The SMILES string of the molecule is CC1CCCCCN1CCCCC(C)(NC1CC1)C(=O)O. The van der Waals surface area contributed by atoms with Crippen molar-refractivity contribution in [1.29, 1.82) is 0 Å². The smallest absolute Gasteiger partial charge is 0.323 e. The fraction of sp³-hybridized carbons (Fsp3) is 0.941. The van der Waals surface area contributed by atoms with Gasteiger partial charge in [0.15, 0.2) is 0 Å². The van der Waals surface area contributed by atoms with Gasteiger partial charge in [0.25, 0.3) is 0 Å². The van der Waals surface area contributed by atoms with E-state index in [1.165, 1.54) is 32.2 Å². The first-order valence-corrected chi connectivity index (χ1v) is 8.76. The van der Waals surface area contributed by atoms with Gasteiger partial charge in [0.05, 0.1) is 0 Å². The van der Waals surface area contributed by atoms with Crippen LogP contribution in [-0.4, -0.2) is 46.7 Å². The number of hydrogen-bond acceptors (Lipinski definition) is 3. The number of aliphatic carboxylic acids is 1. The van der Waals surface area contributed by atoms with Crippen LogP contribution in [0.2, 0.25) is 0 Å². The lowest BCUT2D eigenvalue weighted by molar-refractivity contribution is -0.144. The number of carboxylic acids is 1. The Labute approximate surface area is 129 Å². The molecule has 21 heavy (non-hydrogen) atoms. The molecule has 2 fully saturated rings. The van der Waals surface area contributed by atoms with E-state index in [0.29, 0.717) is 12.1 Å². The van der Waals surface area contributed by atoms with Gasteiger partial charge in [-0.15, -0.1) is 0 Å². The van der Waals surface area contributed by atoms with Crippen LogP contribution in [-0.2, 0) is 4.79 Å². The standard InChI is InChI=1S/C17H32N2O2/c1-14-8-4-3-6-12-19(14)13-7-5-11-17(2,16(20)21)18-15-9-10-15/h14-15,18H,3-13H2,1-2H3,(H,20,21). The lowest BCUT2D eigenvalue weighted by Crippen LogP contribution is -2.50. The first kappa shape index (κ1) is 16.8. The van der Waals surface area contributed by atoms with Crippen LogP contribution >= 0.6 is 0 Å². The number of likely N-dealkylation sites (tertiary alicyclic amines) is 1. The normalized spacial score (nSPS) is 27.0. The van der Waals surface area contributed by atoms with Crippen molar-refractivity contribution >= 4 is 5.97 Å². The molecule has 2 atom stereocenters. The molecule has 0 amide bonds. The average Bonchev–Trinajstić information content (AvgIpc) is 3.24.